The molecule has 0 aliphatic carbocycles. The lowest BCUT2D eigenvalue weighted by molar-refractivity contribution is -0.111. The molecule has 0 N–H and O–H groups in total. The van der Waals surface area contributed by atoms with Crippen LogP contribution in [0.4, 0.5) is 0 Å². The lowest BCUT2D eigenvalue weighted by Gasteiger charge is -1.99. The molecule has 66 valence electrons. The van der Waals surface area contributed by atoms with E-state index in [0.717, 1.165) is 4.90 Å². The number of carbonyl (C=O) groups is 1. The number of terminal acetylenes is 1. The highest BCUT2D eigenvalue weighted by Crippen LogP contribution is 2.26. The molecule has 1 nitrogen and oxygen atoms in total. The topological polar surface area (TPSA) is 17.1 Å². The highest BCUT2D eigenvalue weighted by Gasteiger charge is 2.02. The lowest BCUT2D eigenvalue weighted by atomic mass is 10.4. The molecule has 0 atom stereocenters. The second kappa shape index (κ2) is 4.96. The highest BCUT2D eigenvalue weighted by molar-refractivity contribution is 8.00. The summed E-state index contributed by atoms with van der Waals surface area (Å²) in [5.41, 5.74) is 0. The minimum absolute atomic E-state index is 0.218. The van der Waals surface area contributed by atoms with Crippen LogP contribution in [0, 0.1) is 12.3 Å². The smallest absolute Gasteiger partial charge is 0.215 e. The number of ketones is 1. The molecular weight excluding hydrogens is 204 g/mol. The van der Waals surface area contributed by atoms with Crippen LogP contribution in [0.2, 0.25) is 5.02 Å². The van der Waals surface area contributed by atoms with Crippen molar-refractivity contribution < 1.29 is 4.79 Å². The summed E-state index contributed by atoms with van der Waals surface area (Å²) in [5.74, 6) is 2.11. The average Bonchev–Trinajstić information content (AvgIpc) is 2.16. The third kappa shape index (κ3) is 3.14. The van der Waals surface area contributed by atoms with Crippen LogP contribution in [0.1, 0.15) is 0 Å². The summed E-state index contributed by atoms with van der Waals surface area (Å²) >= 11 is 7.22. The summed E-state index contributed by atoms with van der Waals surface area (Å²) in [6.07, 6.45) is 4.93. The molecule has 0 fully saturated rings. The first-order chi connectivity index (χ1) is 6.24. The van der Waals surface area contributed by atoms with Crippen molar-refractivity contribution in [3.63, 3.8) is 0 Å². The Labute approximate surface area is 86.5 Å². The van der Waals surface area contributed by atoms with E-state index in [1.165, 1.54) is 11.8 Å². The molecule has 0 saturated carbocycles. The summed E-state index contributed by atoms with van der Waals surface area (Å²) < 4.78 is 0. The van der Waals surface area contributed by atoms with Gasteiger partial charge in [-0.05, 0) is 18.1 Å². The van der Waals surface area contributed by atoms with E-state index in [2.05, 4.69) is 5.92 Å². The third-order valence-corrected chi connectivity index (χ3v) is 2.87. The van der Waals surface area contributed by atoms with Crippen LogP contribution in [0.5, 0.6) is 0 Å². The van der Waals surface area contributed by atoms with Crippen molar-refractivity contribution in [3.8, 4) is 12.3 Å². The van der Waals surface area contributed by atoms with Crippen LogP contribution < -0.4 is 0 Å². The van der Waals surface area contributed by atoms with Crippen LogP contribution in [0.3, 0.4) is 0 Å². The maximum Gasteiger partial charge on any atom is 0.215 e. The molecule has 0 spiro atoms. The number of hydrogen-bond acceptors (Lipinski definition) is 2. The zero-order valence-corrected chi connectivity index (χ0v) is 8.36. The minimum Gasteiger partial charge on any atom is -0.284 e. The van der Waals surface area contributed by atoms with Gasteiger partial charge in [-0.2, -0.15) is 0 Å². The molecule has 0 radical (unpaired) electrons. The van der Waals surface area contributed by atoms with Gasteiger partial charge < -0.3 is 0 Å². The number of benzene rings is 1. The van der Waals surface area contributed by atoms with E-state index in [-0.39, 0.29) is 11.5 Å². The van der Waals surface area contributed by atoms with Crippen molar-refractivity contribution in [2.75, 3.05) is 5.75 Å². The van der Waals surface area contributed by atoms with Gasteiger partial charge in [-0.15, -0.1) is 18.2 Å². The number of rotatable bonds is 3. The Morgan fingerprint density at radius 1 is 1.54 bits per heavy atom. The fourth-order valence-corrected chi connectivity index (χ4v) is 1.80. The predicted molar refractivity (Wildman–Crippen MR) is 56.0 cm³/mol. The Balaban J connectivity index is 2.61. The predicted octanol–water partition coefficient (Wildman–Crippen LogP) is 2.63. The third-order valence-electron chi connectivity index (χ3n) is 1.36. The summed E-state index contributed by atoms with van der Waals surface area (Å²) in [6.45, 7) is 0. The van der Waals surface area contributed by atoms with E-state index >= 15 is 0 Å². The lowest BCUT2D eigenvalue weighted by Crippen LogP contribution is -1.95. The maximum absolute atomic E-state index is 10.8. The summed E-state index contributed by atoms with van der Waals surface area (Å²) in [7, 11) is 0. The van der Waals surface area contributed by atoms with E-state index in [1.807, 2.05) is 18.2 Å². The van der Waals surface area contributed by atoms with Gasteiger partial charge >= 0.3 is 0 Å². The summed E-state index contributed by atoms with van der Waals surface area (Å²) in [6, 6.07) is 7.35. The first kappa shape index (κ1) is 10.2. The highest BCUT2D eigenvalue weighted by atomic mass is 35.5. The Morgan fingerprint density at radius 2 is 2.23 bits per heavy atom. The van der Waals surface area contributed by atoms with Crippen molar-refractivity contribution in [3.05, 3.63) is 29.3 Å². The standard InChI is InChI=1S/C10H7ClOS/c1-2-8(12)7-13-10-6-4-3-5-9(10)11/h1,3-6H,7H2. The van der Waals surface area contributed by atoms with Crippen LogP contribution in [0.15, 0.2) is 29.2 Å². The molecule has 0 unspecified atom stereocenters. The van der Waals surface area contributed by atoms with Crippen molar-refractivity contribution >= 4 is 29.1 Å². The van der Waals surface area contributed by atoms with Gasteiger partial charge in [0, 0.05) is 4.90 Å². The molecule has 1 aromatic carbocycles. The van der Waals surface area contributed by atoms with Crippen molar-refractivity contribution in [2.45, 2.75) is 4.90 Å². The van der Waals surface area contributed by atoms with Gasteiger partial charge in [-0.25, -0.2) is 0 Å². The van der Waals surface area contributed by atoms with Gasteiger partial charge in [-0.3, -0.25) is 4.79 Å². The van der Waals surface area contributed by atoms with Crippen molar-refractivity contribution in [1.82, 2.24) is 0 Å². The molecule has 0 saturated heterocycles. The van der Waals surface area contributed by atoms with E-state index in [9.17, 15) is 4.79 Å². The van der Waals surface area contributed by atoms with Gasteiger partial charge in [0.2, 0.25) is 5.78 Å². The number of Topliss-reactive ketones (excluding diaryl/α,β-unsaturated/α-hetero) is 1. The number of hydrogen-bond donors (Lipinski definition) is 0. The van der Waals surface area contributed by atoms with Crippen molar-refractivity contribution in [2.24, 2.45) is 0 Å². The van der Waals surface area contributed by atoms with Gasteiger partial charge in [0.25, 0.3) is 0 Å². The maximum atomic E-state index is 10.8. The Hall–Kier alpha value is -0.910. The monoisotopic (exact) mass is 210 g/mol. The molecule has 1 rings (SSSR count). The molecule has 13 heavy (non-hydrogen) atoms. The zero-order valence-electron chi connectivity index (χ0n) is 6.79. The van der Waals surface area contributed by atoms with Crippen LogP contribution in [0.25, 0.3) is 0 Å². The number of halogens is 1. The first-order valence-corrected chi connectivity index (χ1v) is 4.97. The first-order valence-electron chi connectivity index (χ1n) is 3.61. The largest absolute Gasteiger partial charge is 0.284 e. The molecule has 0 aromatic heterocycles. The normalized spacial score (nSPS) is 9.23. The molecular formula is C10H7ClOS. The van der Waals surface area contributed by atoms with Gasteiger partial charge in [0.1, 0.15) is 0 Å². The van der Waals surface area contributed by atoms with Crippen LogP contribution in [-0.4, -0.2) is 11.5 Å². The van der Waals surface area contributed by atoms with E-state index in [4.69, 9.17) is 18.0 Å². The van der Waals surface area contributed by atoms with E-state index in [1.54, 1.807) is 6.07 Å². The van der Waals surface area contributed by atoms with E-state index < -0.39 is 0 Å². The number of thioether (sulfide) groups is 1. The quantitative estimate of drug-likeness (QED) is 0.434. The molecule has 0 bridgehead atoms. The van der Waals surface area contributed by atoms with Gasteiger partial charge in [-0.1, -0.05) is 23.7 Å². The zero-order chi connectivity index (χ0) is 9.68. The summed E-state index contributed by atoms with van der Waals surface area (Å²) in [5, 5.41) is 0.650. The fraction of sp³-hybridized carbons (Fsp3) is 0.100. The molecule has 0 aliphatic rings. The Morgan fingerprint density at radius 3 is 2.85 bits per heavy atom. The molecule has 0 heterocycles. The average molecular weight is 211 g/mol. The van der Waals surface area contributed by atoms with E-state index in [0.29, 0.717) is 5.02 Å². The second-order valence-electron chi connectivity index (χ2n) is 2.29. The van der Waals surface area contributed by atoms with Crippen LogP contribution in [-0.2, 0) is 4.79 Å². The summed E-state index contributed by atoms with van der Waals surface area (Å²) in [4.78, 5) is 11.7. The molecule has 0 amide bonds. The minimum atomic E-state index is -0.218. The van der Waals surface area contributed by atoms with Crippen molar-refractivity contribution in [1.29, 1.82) is 0 Å². The van der Waals surface area contributed by atoms with Gasteiger partial charge in [0.15, 0.2) is 0 Å². The number of carbonyl (C=O) groups excluding carboxylic acids is 1. The SMILES string of the molecule is C#CC(=O)CSc1ccccc1Cl. The van der Waals surface area contributed by atoms with Gasteiger partial charge in [0.05, 0.1) is 10.8 Å². The Kier molecular flexibility index (Phi) is 3.88. The van der Waals surface area contributed by atoms with Crippen LogP contribution >= 0.6 is 23.4 Å². The molecule has 3 heteroatoms. The fourth-order valence-electron chi connectivity index (χ4n) is 0.747. The Bertz CT molecular complexity index is 354. The molecule has 1 aromatic rings. The second-order valence-corrected chi connectivity index (χ2v) is 3.71. The molecule has 0 aliphatic heterocycles.